The maximum atomic E-state index is 12.2. The Bertz CT molecular complexity index is 482. The zero-order valence-corrected chi connectivity index (χ0v) is 12.1. The van der Waals surface area contributed by atoms with Crippen LogP contribution in [0.5, 0.6) is 0 Å². The molecule has 0 bridgehead atoms. The van der Waals surface area contributed by atoms with Crippen molar-refractivity contribution in [3.63, 3.8) is 0 Å². The predicted molar refractivity (Wildman–Crippen MR) is 81.0 cm³/mol. The second-order valence-electron chi connectivity index (χ2n) is 5.76. The minimum atomic E-state index is 0.295. The van der Waals surface area contributed by atoms with Crippen LogP contribution in [0, 0.1) is 0 Å². The van der Waals surface area contributed by atoms with Crippen molar-refractivity contribution in [2.75, 3.05) is 37.6 Å². The number of nitrogens with zero attached hydrogens (tertiary/aromatic N) is 2. The van der Waals surface area contributed by atoms with Crippen LogP contribution < -0.4 is 10.2 Å². The van der Waals surface area contributed by atoms with Gasteiger partial charge in [-0.2, -0.15) is 0 Å². The number of anilines is 1. The number of carbonyl (C=O) groups excluding carboxylic acids is 1. The minimum absolute atomic E-state index is 0.295. The monoisotopic (exact) mass is 273 g/mol. The molecule has 0 radical (unpaired) electrons. The molecular weight excluding hydrogens is 250 g/mol. The summed E-state index contributed by atoms with van der Waals surface area (Å²) in [5.74, 6) is 0.295. The van der Waals surface area contributed by atoms with E-state index in [1.165, 1.54) is 11.3 Å². The number of hydrogen-bond acceptors (Lipinski definition) is 3. The van der Waals surface area contributed by atoms with E-state index in [1.54, 1.807) is 0 Å². The highest BCUT2D eigenvalue weighted by molar-refractivity contribution is 5.77. The standard InChI is InChI=1S/C16H23N3O/c1-13-12-14-4-2-3-5-15(14)19(13)9-6-16(20)18-10-7-17-8-11-18/h2-5,13,17H,6-12H2,1H3. The van der Waals surface area contributed by atoms with Gasteiger partial charge in [0.2, 0.25) is 5.91 Å². The number of para-hydroxylation sites is 1. The fraction of sp³-hybridized carbons (Fsp3) is 0.562. The van der Waals surface area contributed by atoms with Gasteiger partial charge in [-0.1, -0.05) is 18.2 Å². The lowest BCUT2D eigenvalue weighted by Crippen LogP contribution is -2.47. The van der Waals surface area contributed by atoms with Crippen molar-refractivity contribution in [2.45, 2.75) is 25.8 Å². The molecule has 1 N–H and O–H groups in total. The third-order valence-electron chi connectivity index (χ3n) is 4.38. The van der Waals surface area contributed by atoms with Crippen LogP contribution in [0.3, 0.4) is 0 Å². The molecule has 1 saturated heterocycles. The quantitative estimate of drug-likeness (QED) is 0.900. The highest BCUT2D eigenvalue weighted by Crippen LogP contribution is 2.31. The first-order chi connectivity index (χ1) is 9.75. The van der Waals surface area contributed by atoms with Gasteiger partial charge >= 0.3 is 0 Å². The van der Waals surface area contributed by atoms with Gasteiger partial charge in [-0.15, -0.1) is 0 Å². The van der Waals surface area contributed by atoms with E-state index in [2.05, 4.69) is 41.4 Å². The van der Waals surface area contributed by atoms with Gasteiger partial charge in [0.15, 0.2) is 0 Å². The van der Waals surface area contributed by atoms with Crippen molar-refractivity contribution >= 4 is 11.6 Å². The molecule has 108 valence electrons. The molecule has 20 heavy (non-hydrogen) atoms. The summed E-state index contributed by atoms with van der Waals surface area (Å²) in [6.07, 6.45) is 1.72. The molecule has 1 fully saturated rings. The Morgan fingerprint density at radius 3 is 2.85 bits per heavy atom. The molecule has 2 aliphatic heterocycles. The summed E-state index contributed by atoms with van der Waals surface area (Å²) < 4.78 is 0. The Labute approximate surface area is 120 Å². The van der Waals surface area contributed by atoms with Crippen LogP contribution in [-0.4, -0.2) is 49.6 Å². The largest absolute Gasteiger partial charge is 0.368 e. The first kappa shape index (κ1) is 13.4. The van der Waals surface area contributed by atoms with Gasteiger partial charge < -0.3 is 15.1 Å². The summed E-state index contributed by atoms with van der Waals surface area (Å²) in [5, 5.41) is 3.28. The van der Waals surface area contributed by atoms with Crippen molar-refractivity contribution in [3.05, 3.63) is 29.8 Å². The predicted octanol–water partition coefficient (Wildman–Crippen LogP) is 1.26. The van der Waals surface area contributed by atoms with E-state index in [4.69, 9.17) is 0 Å². The summed E-state index contributed by atoms with van der Waals surface area (Å²) in [7, 11) is 0. The summed E-state index contributed by atoms with van der Waals surface area (Å²) in [6.45, 7) is 6.63. The van der Waals surface area contributed by atoms with E-state index in [-0.39, 0.29) is 0 Å². The molecule has 1 amide bonds. The van der Waals surface area contributed by atoms with E-state index < -0.39 is 0 Å². The molecule has 1 aromatic rings. The summed E-state index contributed by atoms with van der Waals surface area (Å²) in [5.41, 5.74) is 2.72. The number of carbonyl (C=O) groups is 1. The number of fused-ring (bicyclic) bond motifs is 1. The zero-order chi connectivity index (χ0) is 13.9. The lowest BCUT2D eigenvalue weighted by Gasteiger charge is -2.29. The van der Waals surface area contributed by atoms with Crippen LogP contribution >= 0.6 is 0 Å². The molecule has 0 spiro atoms. The molecule has 0 aromatic heterocycles. The smallest absolute Gasteiger partial charge is 0.224 e. The van der Waals surface area contributed by atoms with Crippen molar-refractivity contribution in [2.24, 2.45) is 0 Å². The summed E-state index contributed by atoms with van der Waals surface area (Å²) >= 11 is 0. The highest BCUT2D eigenvalue weighted by atomic mass is 16.2. The van der Waals surface area contributed by atoms with Gasteiger partial charge in [-0.3, -0.25) is 4.79 Å². The molecule has 0 saturated carbocycles. The molecule has 3 rings (SSSR count). The molecular formula is C16H23N3O. The summed E-state index contributed by atoms with van der Waals surface area (Å²) in [6, 6.07) is 9.06. The zero-order valence-electron chi connectivity index (χ0n) is 12.1. The highest BCUT2D eigenvalue weighted by Gasteiger charge is 2.26. The van der Waals surface area contributed by atoms with Gasteiger partial charge in [-0.05, 0) is 25.0 Å². The molecule has 2 heterocycles. The van der Waals surface area contributed by atoms with Gasteiger partial charge in [0, 0.05) is 50.9 Å². The SMILES string of the molecule is CC1Cc2ccccc2N1CCC(=O)N1CCNCC1. The van der Waals surface area contributed by atoms with Crippen LogP contribution in [0.2, 0.25) is 0 Å². The molecule has 1 aromatic carbocycles. The number of rotatable bonds is 3. The van der Waals surface area contributed by atoms with Gasteiger partial charge in [0.05, 0.1) is 0 Å². The van der Waals surface area contributed by atoms with Gasteiger partial charge in [-0.25, -0.2) is 0 Å². The topological polar surface area (TPSA) is 35.6 Å². The number of benzene rings is 1. The van der Waals surface area contributed by atoms with Crippen molar-refractivity contribution in [1.29, 1.82) is 0 Å². The molecule has 2 aliphatic rings. The van der Waals surface area contributed by atoms with Crippen molar-refractivity contribution < 1.29 is 4.79 Å². The second kappa shape index (κ2) is 5.83. The first-order valence-electron chi connectivity index (χ1n) is 7.59. The van der Waals surface area contributed by atoms with Crippen LogP contribution in [0.4, 0.5) is 5.69 Å². The number of amides is 1. The van der Waals surface area contributed by atoms with Crippen molar-refractivity contribution in [1.82, 2.24) is 10.2 Å². The lowest BCUT2D eigenvalue weighted by molar-refractivity contribution is -0.131. The van der Waals surface area contributed by atoms with Crippen LogP contribution in [-0.2, 0) is 11.2 Å². The average molecular weight is 273 g/mol. The van der Waals surface area contributed by atoms with Crippen LogP contribution in [0.1, 0.15) is 18.9 Å². The normalized spacial score (nSPS) is 21.9. The molecule has 4 heteroatoms. The van der Waals surface area contributed by atoms with Gasteiger partial charge in [0.1, 0.15) is 0 Å². The fourth-order valence-corrected chi connectivity index (χ4v) is 3.26. The third kappa shape index (κ3) is 2.66. The maximum Gasteiger partial charge on any atom is 0.224 e. The Morgan fingerprint density at radius 2 is 2.05 bits per heavy atom. The van der Waals surface area contributed by atoms with Crippen molar-refractivity contribution in [3.8, 4) is 0 Å². The van der Waals surface area contributed by atoms with E-state index >= 15 is 0 Å². The lowest BCUT2D eigenvalue weighted by atomic mass is 10.1. The van der Waals surface area contributed by atoms with E-state index in [0.717, 1.165) is 39.1 Å². The molecule has 0 aliphatic carbocycles. The first-order valence-corrected chi connectivity index (χ1v) is 7.59. The Balaban J connectivity index is 1.59. The average Bonchev–Trinajstić information content (AvgIpc) is 2.81. The molecule has 1 atom stereocenters. The Hall–Kier alpha value is -1.55. The van der Waals surface area contributed by atoms with E-state index in [9.17, 15) is 4.79 Å². The molecule has 4 nitrogen and oxygen atoms in total. The van der Waals surface area contributed by atoms with Crippen LogP contribution in [0.15, 0.2) is 24.3 Å². The minimum Gasteiger partial charge on any atom is -0.368 e. The second-order valence-corrected chi connectivity index (χ2v) is 5.76. The number of hydrogen-bond donors (Lipinski definition) is 1. The summed E-state index contributed by atoms with van der Waals surface area (Å²) in [4.78, 5) is 16.6. The van der Waals surface area contributed by atoms with Crippen LogP contribution in [0.25, 0.3) is 0 Å². The van der Waals surface area contributed by atoms with E-state index in [1.807, 2.05) is 4.90 Å². The Kier molecular flexibility index (Phi) is 3.92. The van der Waals surface area contributed by atoms with E-state index in [0.29, 0.717) is 18.4 Å². The fourth-order valence-electron chi connectivity index (χ4n) is 3.26. The maximum absolute atomic E-state index is 12.2. The number of nitrogens with one attached hydrogen (secondary N) is 1. The Morgan fingerprint density at radius 1 is 1.30 bits per heavy atom. The molecule has 1 unspecified atom stereocenters. The number of piperazine rings is 1. The third-order valence-corrected chi connectivity index (χ3v) is 4.38. The van der Waals surface area contributed by atoms with Gasteiger partial charge in [0.25, 0.3) is 0 Å².